The average Bonchev–Trinajstić information content (AvgIpc) is 2.69. The molecule has 4 heteroatoms. The maximum Gasteiger partial charge on any atom is 0.147 e. The van der Waals surface area contributed by atoms with Crippen LogP contribution in [-0.2, 0) is 0 Å². The Morgan fingerprint density at radius 2 is 1.67 bits per heavy atom. The van der Waals surface area contributed by atoms with Gasteiger partial charge in [-0.2, -0.15) is 0 Å². The second kappa shape index (κ2) is 7.08. The van der Waals surface area contributed by atoms with Gasteiger partial charge in [0.15, 0.2) is 0 Å². The van der Waals surface area contributed by atoms with Crippen LogP contribution < -0.4 is 5.32 Å². The van der Waals surface area contributed by atoms with Crippen LogP contribution in [0.15, 0.2) is 72.9 Å². The summed E-state index contributed by atoms with van der Waals surface area (Å²) >= 11 is 0. The second-order valence-electron chi connectivity index (χ2n) is 6.73. The number of fused-ring (bicyclic) bond motifs is 1. The number of hydrogen-bond donors (Lipinski definition) is 2. The zero-order chi connectivity index (χ0) is 18.8. The molecule has 2 N–H and O–H groups in total. The summed E-state index contributed by atoms with van der Waals surface area (Å²) in [5.41, 5.74) is 4.51. The zero-order valence-corrected chi connectivity index (χ0v) is 15.3. The molecule has 0 aliphatic rings. The maximum atomic E-state index is 11.0. The van der Waals surface area contributed by atoms with Crippen LogP contribution in [0.3, 0.4) is 0 Å². The molecule has 4 aromatic rings. The molecular weight excluding hydrogens is 334 g/mol. The van der Waals surface area contributed by atoms with E-state index in [0.29, 0.717) is 5.52 Å². The fourth-order valence-corrected chi connectivity index (χ4v) is 3.22. The lowest BCUT2D eigenvalue weighted by Gasteiger charge is -2.22. The first kappa shape index (κ1) is 17.0. The number of rotatable bonds is 4. The topological polar surface area (TPSA) is 58.0 Å². The Hall–Kier alpha value is -3.40. The van der Waals surface area contributed by atoms with Crippen molar-refractivity contribution in [3.8, 4) is 5.75 Å². The van der Waals surface area contributed by atoms with Crippen molar-refractivity contribution in [2.24, 2.45) is 0 Å². The Morgan fingerprint density at radius 3 is 2.41 bits per heavy atom. The third kappa shape index (κ3) is 3.47. The number of pyridine rings is 2. The van der Waals surface area contributed by atoms with Gasteiger partial charge < -0.3 is 10.4 Å². The summed E-state index contributed by atoms with van der Waals surface area (Å²) in [4.78, 5) is 8.92. The van der Waals surface area contributed by atoms with Gasteiger partial charge in [-0.25, -0.2) is 9.97 Å². The number of nitrogens with zero attached hydrogens (tertiary/aromatic N) is 2. The molecule has 0 radical (unpaired) electrons. The van der Waals surface area contributed by atoms with E-state index in [1.165, 1.54) is 5.56 Å². The summed E-state index contributed by atoms with van der Waals surface area (Å²) in [6, 6.07) is 21.7. The lowest BCUT2D eigenvalue weighted by atomic mass is 9.95. The first-order valence-electron chi connectivity index (χ1n) is 8.95. The van der Waals surface area contributed by atoms with Crippen molar-refractivity contribution in [1.29, 1.82) is 0 Å². The molecule has 0 amide bonds. The molecule has 0 unspecified atom stereocenters. The van der Waals surface area contributed by atoms with Gasteiger partial charge in [-0.1, -0.05) is 54.1 Å². The number of phenols is 1. The van der Waals surface area contributed by atoms with E-state index in [1.54, 1.807) is 6.20 Å². The van der Waals surface area contributed by atoms with Gasteiger partial charge in [-0.15, -0.1) is 0 Å². The number of hydrogen-bond acceptors (Lipinski definition) is 4. The lowest BCUT2D eigenvalue weighted by molar-refractivity contribution is 0.471. The van der Waals surface area contributed by atoms with Crippen LogP contribution in [-0.4, -0.2) is 15.1 Å². The minimum atomic E-state index is -0.243. The Balaban J connectivity index is 1.86. The van der Waals surface area contributed by atoms with Crippen LogP contribution in [0.4, 0.5) is 5.82 Å². The molecule has 27 heavy (non-hydrogen) atoms. The number of aromatic hydroxyl groups is 1. The zero-order valence-electron chi connectivity index (χ0n) is 15.3. The van der Waals surface area contributed by atoms with Crippen LogP contribution in [0.5, 0.6) is 5.75 Å². The van der Waals surface area contributed by atoms with Crippen molar-refractivity contribution in [3.05, 3.63) is 95.3 Å². The van der Waals surface area contributed by atoms with Crippen LogP contribution in [0, 0.1) is 13.8 Å². The molecule has 4 rings (SSSR count). The van der Waals surface area contributed by atoms with Gasteiger partial charge >= 0.3 is 0 Å². The molecule has 1 atom stereocenters. The van der Waals surface area contributed by atoms with E-state index in [2.05, 4.69) is 46.5 Å². The van der Waals surface area contributed by atoms with E-state index in [9.17, 15) is 5.11 Å². The fraction of sp³-hybridized carbons (Fsp3) is 0.130. The summed E-state index contributed by atoms with van der Waals surface area (Å²) in [5, 5.41) is 15.4. The Labute approximate surface area is 158 Å². The normalized spacial score (nSPS) is 12.1. The second-order valence-corrected chi connectivity index (χ2v) is 6.73. The first-order chi connectivity index (χ1) is 13.1. The van der Waals surface area contributed by atoms with Gasteiger partial charge in [0.1, 0.15) is 17.1 Å². The average molecular weight is 355 g/mol. The lowest BCUT2D eigenvalue weighted by Crippen LogP contribution is -2.13. The van der Waals surface area contributed by atoms with E-state index in [1.807, 2.05) is 49.4 Å². The highest BCUT2D eigenvalue weighted by molar-refractivity contribution is 5.86. The van der Waals surface area contributed by atoms with Crippen LogP contribution >= 0.6 is 0 Å². The van der Waals surface area contributed by atoms with Gasteiger partial charge in [-0.05, 0) is 37.6 Å². The molecule has 2 heterocycles. The summed E-state index contributed by atoms with van der Waals surface area (Å²) in [5.74, 6) is 0.949. The number of aryl methyl sites for hydroxylation is 2. The fourth-order valence-electron chi connectivity index (χ4n) is 3.22. The quantitative estimate of drug-likeness (QED) is 0.531. The van der Waals surface area contributed by atoms with Gasteiger partial charge in [0, 0.05) is 22.8 Å². The number of benzene rings is 2. The molecule has 0 aliphatic carbocycles. The maximum absolute atomic E-state index is 11.0. The first-order valence-corrected chi connectivity index (χ1v) is 8.95. The Morgan fingerprint density at radius 1 is 0.889 bits per heavy atom. The standard InChI is InChI=1S/C23H21N3O/c1-15-6-9-17(10-7-15)21(26-20-5-3-4-14-24-20)19-13-12-18-11-8-16(2)25-22(18)23(19)27/h3-14,21,27H,1-2H3,(H,24,26)/t21-/m0/s1. The minimum absolute atomic E-state index is 0.199. The van der Waals surface area contributed by atoms with Crippen molar-refractivity contribution >= 4 is 16.7 Å². The van der Waals surface area contributed by atoms with E-state index in [-0.39, 0.29) is 11.8 Å². The SMILES string of the molecule is Cc1ccc([C@H](Nc2ccccn2)c2ccc3ccc(C)nc3c2O)cc1. The summed E-state index contributed by atoms with van der Waals surface area (Å²) in [6.45, 7) is 3.99. The minimum Gasteiger partial charge on any atom is -0.505 e. The van der Waals surface area contributed by atoms with E-state index in [0.717, 1.165) is 28.0 Å². The summed E-state index contributed by atoms with van der Waals surface area (Å²) in [7, 11) is 0. The third-order valence-corrected chi connectivity index (χ3v) is 4.68. The van der Waals surface area contributed by atoms with Crippen molar-refractivity contribution < 1.29 is 5.11 Å². The van der Waals surface area contributed by atoms with E-state index >= 15 is 0 Å². The molecule has 4 nitrogen and oxygen atoms in total. The highest BCUT2D eigenvalue weighted by Crippen LogP contribution is 2.36. The highest BCUT2D eigenvalue weighted by atomic mass is 16.3. The number of nitrogens with one attached hydrogen (secondary N) is 1. The molecule has 0 bridgehead atoms. The van der Waals surface area contributed by atoms with Crippen molar-refractivity contribution in [3.63, 3.8) is 0 Å². The smallest absolute Gasteiger partial charge is 0.147 e. The van der Waals surface area contributed by atoms with Crippen molar-refractivity contribution in [2.45, 2.75) is 19.9 Å². The molecule has 2 aromatic heterocycles. The molecule has 0 saturated heterocycles. The largest absolute Gasteiger partial charge is 0.505 e. The number of phenolic OH excluding ortho intramolecular Hbond substituents is 1. The Bertz CT molecular complexity index is 1080. The molecule has 0 aliphatic heterocycles. The monoisotopic (exact) mass is 355 g/mol. The van der Waals surface area contributed by atoms with Gasteiger partial charge in [0.25, 0.3) is 0 Å². The van der Waals surface area contributed by atoms with Crippen molar-refractivity contribution in [1.82, 2.24) is 9.97 Å². The van der Waals surface area contributed by atoms with Gasteiger partial charge in [-0.3, -0.25) is 0 Å². The van der Waals surface area contributed by atoms with E-state index in [4.69, 9.17) is 0 Å². The molecule has 0 spiro atoms. The predicted molar refractivity (Wildman–Crippen MR) is 109 cm³/mol. The molecule has 0 fully saturated rings. The summed E-state index contributed by atoms with van der Waals surface area (Å²) < 4.78 is 0. The molecule has 0 saturated carbocycles. The molecule has 134 valence electrons. The van der Waals surface area contributed by atoms with Crippen LogP contribution in [0.25, 0.3) is 10.9 Å². The number of aromatic nitrogens is 2. The van der Waals surface area contributed by atoms with Gasteiger partial charge in [0.2, 0.25) is 0 Å². The van der Waals surface area contributed by atoms with Crippen molar-refractivity contribution in [2.75, 3.05) is 5.32 Å². The van der Waals surface area contributed by atoms with E-state index < -0.39 is 0 Å². The van der Waals surface area contributed by atoms with Crippen LogP contribution in [0.1, 0.15) is 28.4 Å². The number of anilines is 1. The third-order valence-electron chi connectivity index (χ3n) is 4.68. The Kier molecular flexibility index (Phi) is 4.47. The summed E-state index contributed by atoms with van der Waals surface area (Å²) in [6.07, 6.45) is 1.75. The molecule has 2 aromatic carbocycles. The van der Waals surface area contributed by atoms with Crippen LogP contribution in [0.2, 0.25) is 0 Å². The predicted octanol–water partition coefficient (Wildman–Crippen LogP) is 5.15. The highest BCUT2D eigenvalue weighted by Gasteiger charge is 2.20. The van der Waals surface area contributed by atoms with Gasteiger partial charge in [0.05, 0.1) is 6.04 Å². The molecular formula is C23H21N3O.